The molecular weight excluding hydrogens is 372 g/mol. The molecule has 154 valence electrons. The maximum atomic E-state index is 11.9. The van der Waals surface area contributed by atoms with Crippen molar-refractivity contribution in [1.82, 2.24) is 20.0 Å². The van der Waals surface area contributed by atoms with Crippen LogP contribution in [0, 0.1) is 0 Å². The number of carbonyl (C=O) groups is 2. The number of H-pyrrole nitrogens is 1. The molecule has 1 atom stereocenters. The first-order chi connectivity index (χ1) is 12.8. The minimum Gasteiger partial charge on any atom is -0.480 e. The summed E-state index contributed by atoms with van der Waals surface area (Å²) in [4.78, 5) is 29.7. The quantitative estimate of drug-likeness (QED) is 0.325. The molecule has 10 heteroatoms. The molecule has 1 aromatic rings. The summed E-state index contributed by atoms with van der Waals surface area (Å²) in [6.07, 6.45) is 8.78. The van der Waals surface area contributed by atoms with E-state index in [1.54, 1.807) is 0 Å². The van der Waals surface area contributed by atoms with Crippen molar-refractivity contribution in [3.63, 3.8) is 0 Å². The highest BCUT2D eigenvalue weighted by Gasteiger charge is 2.21. The smallest absolute Gasteiger partial charge is 0.326 e. The van der Waals surface area contributed by atoms with Gasteiger partial charge in [0.05, 0.1) is 12.1 Å². The standard InChI is InChI=1S/C17H30N4O5S/c1-2-3-4-5-6-7-10-27(25,26)20-9-8-16(22)21-15(17(23)24)11-14-12-18-13-19-14/h12-13,15,20H,2-11H2,1H3,(H,18,19)(H,21,22)(H,23,24). The van der Waals surface area contributed by atoms with Crippen LogP contribution < -0.4 is 10.0 Å². The molecule has 0 bridgehead atoms. The van der Waals surface area contributed by atoms with E-state index in [-0.39, 0.29) is 25.1 Å². The summed E-state index contributed by atoms with van der Waals surface area (Å²) >= 11 is 0. The second-order valence-corrected chi connectivity index (χ2v) is 8.40. The lowest BCUT2D eigenvalue weighted by atomic mass is 10.1. The molecule has 1 amide bonds. The molecule has 0 saturated heterocycles. The minimum absolute atomic E-state index is 0.0400. The van der Waals surface area contributed by atoms with E-state index in [0.29, 0.717) is 12.1 Å². The van der Waals surface area contributed by atoms with Crippen LogP contribution in [0.25, 0.3) is 0 Å². The monoisotopic (exact) mass is 402 g/mol. The number of hydrogen-bond donors (Lipinski definition) is 4. The Labute approximate surface area is 160 Å². The van der Waals surface area contributed by atoms with E-state index in [1.807, 2.05) is 0 Å². The molecule has 1 unspecified atom stereocenters. The number of sulfonamides is 1. The average molecular weight is 403 g/mol. The van der Waals surface area contributed by atoms with Crippen molar-refractivity contribution in [2.45, 2.75) is 64.3 Å². The van der Waals surface area contributed by atoms with Gasteiger partial charge in [0, 0.05) is 31.3 Å². The Morgan fingerprint density at radius 1 is 1.22 bits per heavy atom. The van der Waals surface area contributed by atoms with Crippen LogP contribution >= 0.6 is 0 Å². The lowest BCUT2D eigenvalue weighted by molar-refractivity contribution is -0.141. The third kappa shape index (κ3) is 10.7. The van der Waals surface area contributed by atoms with Gasteiger partial charge < -0.3 is 15.4 Å². The predicted octanol–water partition coefficient (Wildman–Crippen LogP) is 1.19. The zero-order chi connectivity index (χ0) is 20.1. The second-order valence-electron chi connectivity index (χ2n) is 6.47. The van der Waals surface area contributed by atoms with Crippen molar-refractivity contribution in [2.24, 2.45) is 0 Å². The summed E-state index contributed by atoms with van der Waals surface area (Å²) in [7, 11) is -3.42. The number of carboxylic acids is 1. The Bertz CT molecular complexity index is 661. The zero-order valence-electron chi connectivity index (χ0n) is 15.7. The van der Waals surface area contributed by atoms with Crippen molar-refractivity contribution >= 4 is 21.9 Å². The Kier molecular flexibility index (Phi) is 10.6. The number of aromatic nitrogens is 2. The Balaban J connectivity index is 2.26. The van der Waals surface area contributed by atoms with E-state index >= 15 is 0 Å². The molecule has 0 fully saturated rings. The molecule has 9 nitrogen and oxygen atoms in total. The third-order valence-corrected chi connectivity index (χ3v) is 5.52. The van der Waals surface area contributed by atoms with Crippen molar-refractivity contribution in [3.8, 4) is 0 Å². The number of unbranched alkanes of at least 4 members (excludes halogenated alkanes) is 5. The molecule has 1 aromatic heterocycles. The molecule has 0 saturated carbocycles. The molecule has 1 heterocycles. The fourth-order valence-corrected chi connectivity index (χ4v) is 3.69. The SMILES string of the molecule is CCCCCCCCS(=O)(=O)NCCC(=O)NC(Cc1cnc[nH]1)C(=O)O. The number of carbonyl (C=O) groups excluding carboxylic acids is 1. The molecule has 1 rings (SSSR count). The highest BCUT2D eigenvalue weighted by molar-refractivity contribution is 7.89. The van der Waals surface area contributed by atoms with Gasteiger partial charge in [-0.1, -0.05) is 39.0 Å². The van der Waals surface area contributed by atoms with Crippen LogP contribution in [-0.2, 0) is 26.0 Å². The zero-order valence-corrected chi connectivity index (χ0v) is 16.6. The van der Waals surface area contributed by atoms with Gasteiger partial charge in [-0.05, 0) is 6.42 Å². The summed E-state index contributed by atoms with van der Waals surface area (Å²) in [6.45, 7) is 2.07. The third-order valence-electron chi connectivity index (χ3n) is 4.05. The summed E-state index contributed by atoms with van der Waals surface area (Å²) in [6, 6.07) is -1.10. The summed E-state index contributed by atoms with van der Waals surface area (Å²) < 4.78 is 26.2. The van der Waals surface area contributed by atoms with Gasteiger partial charge in [0.15, 0.2) is 0 Å². The van der Waals surface area contributed by atoms with Gasteiger partial charge in [0.25, 0.3) is 0 Å². The second kappa shape index (κ2) is 12.4. The normalized spacial score (nSPS) is 12.6. The Hall–Kier alpha value is -1.94. The van der Waals surface area contributed by atoms with Crippen molar-refractivity contribution < 1.29 is 23.1 Å². The van der Waals surface area contributed by atoms with Gasteiger partial charge in [-0.2, -0.15) is 0 Å². The van der Waals surface area contributed by atoms with E-state index in [2.05, 4.69) is 26.9 Å². The van der Waals surface area contributed by atoms with Gasteiger partial charge >= 0.3 is 5.97 Å². The van der Waals surface area contributed by atoms with Gasteiger partial charge in [0.1, 0.15) is 6.04 Å². The number of hydrogen-bond acceptors (Lipinski definition) is 5. The number of amides is 1. The fraction of sp³-hybridized carbons (Fsp3) is 0.706. The van der Waals surface area contributed by atoms with Gasteiger partial charge in [-0.3, -0.25) is 4.79 Å². The maximum absolute atomic E-state index is 11.9. The van der Waals surface area contributed by atoms with Crippen LogP contribution in [0.1, 0.15) is 57.6 Å². The molecule has 0 radical (unpaired) electrons. The molecule has 0 aromatic carbocycles. The predicted molar refractivity (Wildman–Crippen MR) is 102 cm³/mol. The first-order valence-corrected chi connectivity index (χ1v) is 11.0. The minimum atomic E-state index is -3.42. The van der Waals surface area contributed by atoms with Crippen LogP contribution in [0.15, 0.2) is 12.5 Å². The van der Waals surface area contributed by atoms with Crippen LogP contribution in [0.5, 0.6) is 0 Å². The summed E-state index contributed by atoms with van der Waals surface area (Å²) in [5, 5.41) is 11.6. The highest BCUT2D eigenvalue weighted by atomic mass is 32.2. The number of aliphatic carboxylic acids is 1. The Morgan fingerprint density at radius 3 is 2.56 bits per heavy atom. The molecule has 0 aliphatic heterocycles. The fourth-order valence-electron chi connectivity index (χ4n) is 2.55. The van der Waals surface area contributed by atoms with Crippen LogP contribution in [0.3, 0.4) is 0 Å². The number of imidazole rings is 1. The largest absolute Gasteiger partial charge is 0.480 e. The molecule has 27 heavy (non-hydrogen) atoms. The van der Waals surface area contributed by atoms with E-state index in [0.717, 1.165) is 32.1 Å². The van der Waals surface area contributed by atoms with Crippen LogP contribution in [0.2, 0.25) is 0 Å². The highest BCUT2D eigenvalue weighted by Crippen LogP contribution is 2.06. The summed E-state index contributed by atoms with van der Waals surface area (Å²) in [5.74, 6) is -1.65. The first kappa shape index (κ1) is 23.1. The van der Waals surface area contributed by atoms with E-state index in [4.69, 9.17) is 0 Å². The van der Waals surface area contributed by atoms with Crippen molar-refractivity contribution in [2.75, 3.05) is 12.3 Å². The van der Waals surface area contributed by atoms with Crippen LogP contribution in [-0.4, -0.2) is 53.7 Å². The average Bonchev–Trinajstić information content (AvgIpc) is 3.10. The number of nitrogens with zero attached hydrogens (tertiary/aromatic N) is 1. The molecular formula is C17H30N4O5S. The van der Waals surface area contributed by atoms with E-state index in [1.165, 1.54) is 12.5 Å². The summed E-state index contributed by atoms with van der Waals surface area (Å²) in [5.41, 5.74) is 0.585. The topological polar surface area (TPSA) is 141 Å². The number of carboxylic acid groups (broad SMARTS) is 1. The lowest BCUT2D eigenvalue weighted by Crippen LogP contribution is -2.43. The number of aromatic amines is 1. The first-order valence-electron chi connectivity index (χ1n) is 9.31. The maximum Gasteiger partial charge on any atom is 0.326 e. The molecule has 0 aliphatic rings. The van der Waals surface area contributed by atoms with Gasteiger partial charge in [-0.15, -0.1) is 0 Å². The van der Waals surface area contributed by atoms with Gasteiger partial charge in [-0.25, -0.2) is 22.9 Å². The lowest BCUT2D eigenvalue weighted by Gasteiger charge is -2.14. The van der Waals surface area contributed by atoms with Crippen molar-refractivity contribution in [3.05, 3.63) is 18.2 Å². The van der Waals surface area contributed by atoms with Crippen molar-refractivity contribution in [1.29, 1.82) is 0 Å². The molecule has 0 spiro atoms. The van der Waals surface area contributed by atoms with Gasteiger partial charge in [0.2, 0.25) is 15.9 Å². The molecule has 0 aliphatic carbocycles. The van der Waals surface area contributed by atoms with Crippen LogP contribution in [0.4, 0.5) is 0 Å². The number of rotatable bonds is 15. The van der Waals surface area contributed by atoms with E-state index in [9.17, 15) is 23.1 Å². The van der Waals surface area contributed by atoms with E-state index < -0.39 is 27.9 Å². The number of nitrogens with one attached hydrogen (secondary N) is 3. The Morgan fingerprint density at radius 2 is 1.93 bits per heavy atom. The molecule has 4 N–H and O–H groups in total.